The summed E-state index contributed by atoms with van der Waals surface area (Å²) in [6.45, 7) is 3.86. The number of amides is 1. The molecule has 0 spiro atoms. The van der Waals surface area contributed by atoms with Crippen LogP contribution in [0.4, 0.5) is 5.88 Å². The van der Waals surface area contributed by atoms with Crippen LogP contribution in [0, 0.1) is 6.92 Å². The molecule has 0 radical (unpaired) electrons. The lowest BCUT2D eigenvalue weighted by Gasteiger charge is -2.26. The molecule has 5 rings (SSSR count). The zero-order chi connectivity index (χ0) is 24.6. The summed E-state index contributed by atoms with van der Waals surface area (Å²) < 4.78 is 44.0. The third kappa shape index (κ3) is 4.79. The van der Waals surface area contributed by atoms with Gasteiger partial charge in [-0.15, -0.1) is 0 Å². The van der Waals surface area contributed by atoms with Gasteiger partial charge >= 0.3 is 0 Å². The largest absolute Gasteiger partial charge is 0.467 e. The van der Waals surface area contributed by atoms with Gasteiger partial charge in [0.25, 0.3) is 5.91 Å². The molecule has 0 unspecified atom stereocenters. The van der Waals surface area contributed by atoms with E-state index < -0.39 is 9.84 Å². The molecule has 2 aliphatic heterocycles. The van der Waals surface area contributed by atoms with E-state index in [1.807, 2.05) is 6.92 Å². The molecule has 2 saturated heterocycles. The summed E-state index contributed by atoms with van der Waals surface area (Å²) in [4.78, 5) is 20.9. The predicted octanol–water partition coefficient (Wildman–Crippen LogP) is 3.65. The van der Waals surface area contributed by atoms with Gasteiger partial charge in [0.15, 0.2) is 0 Å². The van der Waals surface area contributed by atoms with E-state index in [-0.39, 0.29) is 39.1 Å². The van der Waals surface area contributed by atoms with Crippen molar-refractivity contribution < 1.29 is 26.8 Å². The Hall–Kier alpha value is -2.93. The molecule has 35 heavy (non-hydrogen) atoms. The first-order chi connectivity index (χ1) is 16.8. The highest BCUT2D eigenvalue weighted by Crippen LogP contribution is 2.36. The maximum absolute atomic E-state index is 13.5. The van der Waals surface area contributed by atoms with Crippen molar-refractivity contribution in [2.45, 2.75) is 23.4 Å². The van der Waals surface area contributed by atoms with Gasteiger partial charge in [0.1, 0.15) is 10.1 Å². The Morgan fingerprint density at radius 1 is 1.17 bits per heavy atom. The summed E-state index contributed by atoms with van der Waals surface area (Å²) in [5, 5.41) is -0.194. The molecule has 0 aliphatic carbocycles. The van der Waals surface area contributed by atoms with Crippen molar-refractivity contribution in [2.24, 2.45) is 0 Å². The Balaban J connectivity index is 1.51. The maximum atomic E-state index is 13.5. The van der Waals surface area contributed by atoms with Crippen LogP contribution in [0.1, 0.15) is 17.2 Å². The number of anilines is 1. The maximum Gasteiger partial charge on any atom is 0.266 e. The van der Waals surface area contributed by atoms with Gasteiger partial charge in [-0.3, -0.25) is 9.69 Å². The molecule has 0 atom stereocenters. The van der Waals surface area contributed by atoms with Crippen LogP contribution < -0.4 is 4.90 Å². The van der Waals surface area contributed by atoms with Crippen LogP contribution in [-0.2, 0) is 25.9 Å². The van der Waals surface area contributed by atoms with Crippen LogP contribution >= 0.6 is 24.0 Å². The summed E-state index contributed by atoms with van der Waals surface area (Å²) in [6.07, 6.45) is 2.96. The highest BCUT2D eigenvalue weighted by Gasteiger charge is 2.35. The molecular formula is C23H21N3O6S3. The third-order valence-corrected chi connectivity index (χ3v) is 8.55. The molecule has 0 saturated carbocycles. The molecule has 0 N–H and O–H groups in total. The number of ether oxygens (including phenoxy) is 1. The number of hydrogen-bond donors (Lipinski definition) is 0. The number of hydrogen-bond acceptors (Lipinski definition) is 10. The fourth-order valence-electron chi connectivity index (χ4n) is 3.65. The molecule has 3 aromatic rings. The van der Waals surface area contributed by atoms with Gasteiger partial charge in [0.2, 0.25) is 26.6 Å². The zero-order valence-corrected chi connectivity index (χ0v) is 21.1. The minimum absolute atomic E-state index is 0.00989. The number of carbonyl (C=O) groups is 1. The first-order valence-corrected chi connectivity index (χ1v) is 13.5. The van der Waals surface area contributed by atoms with Gasteiger partial charge in [-0.25, -0.2) is 8.42 Å². The predicted molar refractivity (Wildman–Crippen MR) is 134 cm³/mol. The Labute approximate surface area is 211 Å². The number of rotatable bonds is 6. The molecule has 2 fully saturated rings. The summed E-state index contributed by atoms with van der Waals surface area (Å²) in [6, 6.07) is 10.0. The van der Waals surface area contributed by atoms with Crippen LogP contribution in [0.2, 0.25) is 0 Å². The average Bonchev–Trinajstić information content (AvgIpc) is 3.58. The molecule has 4 heterocycles. The summed E-state index contributed by atoms with van der Waals surface area (Å²) in [5.74, 6) is 0.409. The second-order valence-electron chi connectivity index (χ2n) is 7.93. The number of carbonyl (C=O) groups excluding carboxylic acids is 1. The van der Waals surface area contributed by atoms with Gasteiger partial charge in [0.05, 0.1) is 35.8 Å². The number of benzene rings is 1. The van der Waals surface area contributed by atoms with E-state index >= 15 is 0 Å². The van der Waals surface area contributed by atoms with Gasteiger partial charge in [-0.05, 0) is 31.2 Å². The van der Waals surface area contributed by atoms with E-state index in [9.17, 15) is 13.2 Å². The second kappa shape index (κ2) is 9.61. The van der Waals surface area contributed by atoms with Crippen molar-refractivity contribution in [1.29, 1.82) is 0 Å². The number of morpholine rings is 1. The van der Waals surface area contributed by atoms with E-state index in [4.69, 9.17) is 25.8 Å². The molecule has 0 bridgehead atoms. The Kier molecular flexibility index (Phi) is 6.53. The summed E-state index contributed by atoms with van der Waals surface area (Å²) in [7, 11) is -3.97. The van der Waals surface area contributed by atoms with Gasteiger partial charge in [0, 0.05) is 19.2 Å². The van der Waals surface area contributed by atoms with E-state index in [0.717, 1.165) is 17.3 Å². The van der Waals surface area contributed by atoms with Gasteiger partial charge in [-0.1, -0.05) is 41.7 Å². The van der Waals surface area contributed by atoms with Gasteiger partial charge < -0.3 is 18.5 Å². The fraction of sp³-hybridized carbons (Fsp3) is 0.261. The number of sulfone groups is 1. The average molecular weight is 532 g/mol. The number of thioether (sulfide) groups is 1. The fourth-order valence-corrected chi connectivity index (χ4v) is 6.20. The molecular weight excluding hydrogens is 510 g/mol. The smallest absolute Gasteiger partial charge is 0.266 e. The molecule has 2 aliphatic rings. The number of thiocarbonyl (C=S) groups is 1. The van der Waals surface area contributed by atoms with Gasteiger partial charge in [-0.2, -0.15) is 4.98 Å². The van der Waals surface area contributed by atoms with Crippen molar-refractivity contribution in [3.8, 4) is 0 Å². The van der Waals surface area contributed by atoms with E-state index in [2.05, 4.69) is 4.98 Å². The van der Waals surface area contributed by atoms with Crippen molar-refractivity contribution in [3.05, 3.63) is 64.8 Å². The lowest BCUT2D eigenvalue weighted by molar-refractivity contribution is -0.122. The molecule has 1 amide bonds. The van der Waals surface area contributed by atoms with Crippen LogP contribution in [0.3, 0.4) is 0 Å². The highest BCUT2D eigenvalue weighted by atomic mass is 32.2. The Morgan fingerprint density at radius 2 is 1.91 bits per heavy atom. The standard InChI is InChI=1S/C23H21N3O6S3/c1-15-4-6-17(7-5-15)35(28,29)20-22(25-8-11-30-12-9-25)32-19(24-20)13-18-21(27)26(23(33)34-18)14-16-3-2-10-31-16/h2-7,10,13H,8-9,11-12,14H2,1H3. The van der Waals surface area contributed by atoms with Crippen LogP contribution in [0.5, 0.6) is 0 Å². The van der Waals surface area contributed by atoms with E-state index in [0.29, 0.717) is 36.4 Å². The Morgan fingerprint density at radius 3 is 2.60 bits per heavy atom. The quantitative estimate of drug-likeness (QED) is 0.346. The zero-order valence-electron chi connectivity index (χ0n) is 18.7. The SMILES string of the molecule is Cc1ccc(S(=O)(=O)c2nc(C=C3SC(=S)N(Cc4ccco4)C3=O)oc2N2CCOCC2)cc1. The first kappa shape index (κ1) is 23.8. The van der Waals surface area contributed by atoms with Crippen LogP contribution in [0.15, 0.2) is 66.3 Å². The Bertz CT molecular complexity index is 1390. The number of furan rings is 1. The normalized spacial score (nSPS) is 18.1. The van der Waals surface area contributed by atoms with Crippen molar-refractivity contribution in [2.75, 3.05) is 31.2 Å². The number of aromatic nitrogens is 1. The van der Waals surface area contributed by atoms with E-state index in [1.165, 1.54) is 17.2 Å². The van der Waals surface area contributed by atoms with Crippen molar-refractivity contribution >= 4 is 56.0 Å². The first-order valence-electron chi connectivity index (χ1n) is 10.8. The molecule has 2 aromatic heterocycles. The number of nitrogens with zero attached hydrogens (tertiary/aromatic N) is 3. The van der Waals surface area contributed by atoms with Crippen LogP contribution in [0.25, 0.3) is 6.08 Å². The van der Waals surface area contributed by atoms with Crippen molar-refractivity contribution in [3.63, 3.8) is 0 Å². The molecule has 12 heteroatoms. The summed E-state index contributed by atoms with van der Waals surface area (Å²) >= 11 is 6.47. The highest BCUT2D eigenvalue weighted by molar-refractivity contribution is 8.26. The topological polar surface area (TPSA) is 106 Å². The van der Waals surface area contributed by atoms with Crippen LogP contribution in [-0.4, -0.2) is 54.8 Å². The molecule has 1 aromatic carbocycles. The van der Waals surface area contributed by atoms with Crippen molar-refractivity contribution in [1.82, 2.24) is 9.88 Å². The molecule has 182 valence electrons. The second-order valence-corrected chi connectivity index (χ2v) is 11.5. The third-order valence-electron chi connectivity index (χ3n) is 5.50. The minimum atomic E-state index is -3.97. The molecule has 9 nitrogen and oxygen atoms in total. The van der Waals surface area contributed by atoms with E-state index in [1.54, 1.807) is 41.3 Å². The summed E-state index contributed by atoms with van der Waals surface area (Å²) in [5.41, 5.74) is 0.940. The number of oxazole rings is 1. The lowest BCUT2D eigenvalue weighted by Crippen LogP contribution is -2.36. The lowest BCUT2D eigenvalue weighted by atomic mass is 10.2. The number of aryl methyl sites for hydroxylation is 1. The monoisotopic (exact) mass is 531 g/mol. The minimum Gasteiger partial charge on any atom is -0.467 e.